The number of anilines is 1. The number of rotatable bonds is 4. The van der Waals surface area contributed by atoms with Crippen molar-refractivity contribution < 1.29 is 19.4 Å². The number of ether oxygens (including phenoxy) is 1. The molecule has 1 aliphatic heterocycles. The van der Waals surface area contributed by atoms with Crippen molar-refractivity contribution in [3.63, 3.8) is 0 Å². The average molecular weight is 541 g/mol. The van der Waals surface area contributed by atoms with E-state index in [0.29, 0.717) is 22.7 Å². The van der Waals surface area contributed by atoms with Gasteiger partial charge in [0.15, 0.2) is 0 Å². The van der Waals surface area contributed by atoms with Crippen molar-refractivity contribution in [1.29, 1.82) is 0 Å². The molecule has 6 nitrogen and oxygen atoms in total. The number of benzene rings is 2. The monoisotopic (exact) mass is 540 g/mol. The zero-order chi connectivity index (χ0) is 19.7. The second-order valence-electron chi connectivity index (χ2n) is 5.73. The first-order chi connectivity index (χ1) is 12.8. The van der Waals surface area contributed by atoms with Gasteiger partial charge in [-0.25, -0.2) is 4.79 Å². The lowest BCUT2D eigenvalue weighted by atomic mass is 10.1. The summed E-state index contributed by atoms with van der Waals surface area (Å²) in [6.45, 7) is 1.74. The van der Waals surface area contributed by atoms with Crippen LogP contribution in [0, 0.1) is 3.57 Å². The Morgan fingerprint density at radius 1 is 1.33 bits per heavy atom. The number of halogens is 2. The number of aromatic carboxylic acids is 1. The number of carboxylic acids is 1. The minimum absolute atomic E-state index is 0.0915. The predicted octanol–water partition coefficient (Wildman–Crippen LogP) is 4.57. The minimum Gasteiger partial charge on any atom is -0.495 e. The van der Waals surface area contributed by atoms with Crippen molar-refractivity contribution in [3.05, 3.63) is 61.1 Å². The maximum Gasteiger partial charge on any atom is 0.335 e. The van der Waals surface area contributed by atoms with Gasteiger partial charge in [-0.15, -0.1) is 0 Å². The molecule has 1 heterocycles. The van der Waals surface area contributed by atoms with Crippen LogP contribution in [-0.4, -0.2) is 29.8 Å². The van der Waals surface area contributed by atoms with E-state index in [0.717, 1.165) is 13.6 Å². The Hall–Kier alpha value is -2.20. The van der Waals surface area contributed by atoms with E-state index in [4.69, 9.17) is 9.84 Å². The highest BCUT2D eigenvalue weighted by molar-refractivity contribution is 14.1. The number of hydrazone groups is 1. The van der Waals surface area contributed by atoms with Crippen LogP contribution in [0.5, 0.6) is 5.75 Å². The summed E-state index contributed by atoms with van der Waals surface area (Å²) in [5, 5.41) is 14.7. The third-order valence-electron chi connectivity index (χ3n) is 3.94. The third-order valence-corrected chi connectivity index (χ3v) is 5.20. The number of carbonyl (C=O) groups is 2. The van der Waals surface area contributed by atoms with Crippen LogP contribution in [0.1, 0.15) is 22.8 Å². The summed E-state index contributed by atoms with van der Waals surface area (Å²) in [6, 6.07) is 9.90. The first kappa shape index (κ1) is 19.6. The van der Waals surface area contributed by atoms with Gasteiger partial charge in [-0.3, -0.25) is 4.79 Å². The van der Waals surface area contributed by atoms with Crippen LogP contribution >= 0.6 is 38.5 Å². The first-order valence-electron chi connectivity index (χ1n) is 7.80. The van der Waals surface area contributed by atoms with Crippen LogP contribution in [0.3, 0.4) is 0 Å². The highest BCUT2D eigenvalue weighted by Gasteiger charge is 2.29. The van der Waals surface area contributed by atoms with Gasteiger partial charge in [0.2, 0.25) is 0 Å². The zero-order valence-corrected chi connectivity index (χ0v) is 18.1. The Labute approximate surface area is 177 Å². The summed E-state index contributed by atoms with van der Waals surface area (Å²) >= 11 is 5.62. The smallest absolute Gasteiger partial charge is 0.335 e. The molecule has 0 saturated heterocycles. The molecule has 0 spiro atoms. The molecule has 0 aliphatic carbocycles. The Balaban J connectivity index is 2.03. The highest BCUT2D eigenvalue weighted by Crippen LogP contribution is 2.33. The molecule has 0 bridgehead atoms. The number of amides is 1. The van der Waals surface area contributed by atoms with E-state index < -0.39 is 5.97 Å². The number of methoxy groups -OCH3 is 1. The minimum atomic E-state index is -1.06. The molecule has 0 atom stereocenters. The van der Waals surface area contributed by atoms with E-state index in [1.807, 2.05) is 12.1 Å². The van der Waals surface area contributed by atoms with Crippen molar-refractivity contribution >= 4 is 67.9 Å². The zero-order valence-electron chi connectivity index (χ0n) is 14.4. The lowest BCUT2D eigenvalue weighted by molar-refractivity contribution is -0.114. The van der Waals surface area contributed by atoms with Gasteiger partial charge in [0.1, 0.15) is 5.75 Å². The summed E-state index contributed by atoms with van der Waals surface area (Å²) in [5.41, 5.74) is 2.20. The molecule has 1 N–H and O–H groups in total. The van der Waals surface area contributed by atoms with Crippen LogP contribution < -0.4 is 9.75 Å². The molecule has 2 aromatic carbocycles. The molecule has 2 aromatic rings. The van der Waals surface area contributed by atoms with Gasteiger partial charge in [-0.05, 0) is 65.9 Å². The van der Waals surface area contributed by atoms with E-state index in [1.54, 1.807) is 32.2 Å². The molecular weight excluding hydrogens is 527 g/mol. The Morgan fingerprint density at radius 2 is 2.07 bits per heavy atom. The van der Waals surface area contributed by atoms with E-state index in [9.17, 15) is 9.59 Å². The summed E-state index contributed by atoms with van der Waals surface area (Å²) in [7, 11) is 1.58. The van der Waals surface area contributed by atoms with E-state index in [2.05, 4.69) is 43.6 Å². The Morgan fingerprint density at radius 3 is 2.74 bits per heavy atom. The number of nitrogens with zero attached hydrogens (tertiary/aromatic N) is 2. The SMILES string of the molecule is COc1c(I)cc(Br)cc1/C=C1\C(=O)N(c2cccc(C(=O)O)c2)N=C1C. The fraction of sp³-hybridized carbons (Fsp3) is 0.105. The quantitative estimate of drug-likeness (QED) is 0.455. The van der Waals surface area contributed by atoms with E-state index in [-0.39, 0.29) is 11.5 Å². The van der Waals surface area contributed by atoms with Crippen LogP contribution in [0.25, 0.3) is 6.08 Å². The molecule has 8 heteroatoms. The van der Waals surface area contributed by atoms with Gasteiger partial charge in [0.05, 0.1) is 33.2 Å². The maximum atomic E-state index is 12.9. The van der Waals surface area contributed by atoms with Crippen LogP contribution in [-0.2, 0) is 4.79 Å². The fourth-order valence-electron chi connectivity index (χ4n) is 2.69. The van der Waals surface area contributed by atoms with Gasteiger partial charge < -0.3 is 9.84 Å². The molecule has 138 valence electrons. The van der Waals surface area contributed by atoms with E-state index >= 15 is 0 Å². The molecule has 0 radical (unpaired) electrons. The van der Waals surface area contributed by atoms with Crippen LogP contribution in [0.15, 0.2) is 51.5 Å². The molecular formula is C19H14BrIN2O4. The maximum absolute atomic E-state index is 12.9. The first-order valence-corrected chi connectivity index (χ1v) is 9.67. The summed E-state index contributed by atoms with van der Waals surface area (Å²) in [6.07, 6.45) is 1.73. The normalized spacial score (nSPS) is 15.3. The molecule has 1 aliphatic rings. The lowest BCUT2D eigenvalue weighted by Crippen LogP contribution is -2.21. The van der Waals surface area contributed by atoms with Crippen molar-refractivity contribution in [2.75, 3.05) is 12.1 Å². The number of carbonyl (C=O) groups excluding carboxylic acids is 1. The van der Waals surface area contributed by atoms with Crippen LogP contribution in [0.2, 0.25) is 0 Å². The molecule has 3 rings (SSSR count). The standard InChI is InChI=1S/C19H14BrIN2O4/c1-10-15(8-12-6-13(20)9-16(21)17(12)27-2)18(24)23(22-10)14-5-3-4-11(7-14)19(25)26/h3-9H,1-2H3,(H,25,26)/b15-8-. The summed E-state index contributed by atoms with van der Waals surface area (Å²) in [4.78, 5) is 24.1. The fourth-order valence-corrected chi connectivity index (χ4v) is 4.46. The topological polar surface area (TPSA) is 79.2 Å². The number of hydrogen-bond acceptors (Lipinski definition) is 4. The second-order valence-corrected chi connectivity index (χ2v) is 7.80. The Kier molecular flexibility index (Phi) is 5.66. The van der Waals surface area contributed by atoms with Crippen molar-refractivity contribution in [2.24, 2.45) is 5.10 Å². The summed E-state index contributed by atoms with van der Waals surface area (Å²) < 4.78 is 7.23. The molecule has 0 fully saturated rings. The highest BCUT2D eigenvalue weighted by atomic mass is 127. The van der Waals surface area contributed by atoms with Crippen LogP contribution in [0.4, 0.5) is 5.69 Å². The molecule has 27 heavy (non-hydrogen) atoms. The van der Waals surface area contributed by atoms with Crippen molar-refractivity contribution in [3.8, 4) is 5.75 Å². The summed E-state index contributed by atoms with van der Waals surface area (Å²) in [5.74, 6) is -0.723. The van der Waals surface area contributed by atoms with Gasteiger partial charge in [-0.1, -0.05) is 22.0 Å². The van der Waals surface area contributed by atoms with E-state index in [1.165, 1.54) is 17.1 Å². The molecule has 0 saturated carbocycles. The van der Waals surface area contributed by atoms with Gasteiger partial charge in [-0.2, -0.15) is 10.1 Å². The predicted molar refractivity (Wildman–Crippen MR) is 115 cm³/mol. The molecule has 1 amide bonds. The van der Waals surface area contributed by atoms with Gasteiger partial charge in [0, 0.05) is 10.0 Å². The molecule has 0 aromatic heterocycles. The third kappa shape index (κ3) is 3.91. The van der Waals surface area contributed by atoms with Gasteiger partial charge >= 0.3 is 5.97 Å². The number of hydrogen-bond donors (Lipinski definition) is 1. The van der Waals surface area contributed by atoms with Crippen molar-refractivity contribution in [1.82, 2.24) is 0 Å². The second kappa shape index (κ2) is 7.81. The van der Waals surface area contributed by atoms with Crippen molar-refractivity contribution in [2.45, 2.75) is 6.92 Å². The Bertz CT molecular complexity index is 1020. The largest absolute Gasteiger partial charge is 0.495 e. The average Bonchev–Trinajstić information content (AvgIpc) is 2.90. The number of carboxylic acid groups (broad SMARTS) is 1. The molecule has 0 unspecified atom stereocenters. The van der Waals surface area contributed by atoms with Gasteiger partial charge in [0.25, 0.3) is 5.91 Å². The lowest BCUT2D eigenvalue weighted by Gasteiger charge is -2.12.